The van der Waals surface area contributed by atoms with Crippen LogP contribution in [-0.4, -0.2) is 47.4 Å². The van der Waals surface area contributed by atoms with Crippen LogP contribution in [0.15, 0.2) is 18.2 Å². The SMILES string of the molecule is Cc1ccc(F)c(C(=O)N2CCN(C(C)(C)C)CC2)c1. The maximum Gasteiger partial charge on any atom is 0.256 e. The molecular weight excluding hydrogens is 255 g/mol. The Morgan fingerprint density at radius 3 is 2.30 bits per heavy atom. The van der Waals surface area contributed by atoms with Crippen LogP contribution in [0.2, 0.25) is 0 Å². The molecular formula is C16H23FN2O. The van der Waals surface area contributed by atoms with Gasteiger partial charge in [0, 0.05) is 31.7 Å². The molecule has 4 heteroatoms. The zero-order valence-corrected chi connectivity index (χ0v) is 12.7. The Labute approximate surface area is 120 Å². The van der Waals surface area contributed by atoms with Gasteiger partial charge in [0.15, 0.2) is 0 Å². The standard InChI is InChI=1S/C16H23FN2O/c1-12-5-6-14(17)13(11-12)15(20)18-7-9-19(10-8-18)16(2,3)4/h5-6,11H,7-10H2,1-4H3. The maximum atomic E-state index is 13.8. The van der Waals surface area contributed by atoms with Gasteiger partial charge in [-0.1, -0.05) is 11.6 Å². The molecule has 3 nitrogen and oxygen atoms in total. The summed E-state index contributed by atoms with van der Waals surface area (Å²) in [6, 6.07) is 4.69. The first-order chi connectivity index (χ1) is 9.29. The lowest BCUT2D eigenvalue weighted by molar-refractivity contribution is 0.0447. The Morgan fingerprint density at radius 1 is 1.15 bits per heavy atom. The monoisotopic (exact) mass is 278 g/mol. The van der Waals surface area contributed by atoms with Gasteiger partial charge in [0.05, 0.1) is 5.56 Å². The van der Waals surface area contributed by atoms with Crippen molar-refractivity contribution in [3.8, 4) is 0 Å². The number of hydrogen-bond acceptors (Lipinski definition) is 2. The highest BCUT2D eigenvalue weighted by atomic mass is 19.1. The van der Waals surface area contributed by atoms with Crippen molar-refractivity contribution in [2.75, 3.05) is 26.2 Å². The number of halogens is 1. The van der Waals surface area contributed by atoms with Crippen LogP contribution in [-0.2, 0) is 0 Å². The number of nitrogens with zero attached hydrogens (tertiary/aromatic N) is 2. The fourth-order valence-electron chi connectivity index (χ4n) is 2.55. The summed E-state index contributed by atoms with van der Waals surface area (Å²) in [6.45, 7) is 11.4. The van der Waals surface area contributed by atoms with E-state index in [1.54, 1.807) is 17.0 Å². The maximum absolute atomic E-state index is 13.8. The molecule has 0 spiro atoms. The van der Waals surface area contributed by atoms with Crippen molar-refractivity contribution in [3.63, 3.8) is 0 Å². The van der Waals surface area contributed by atoms with E-state index in [2.05, 4.69) is 25.7 Å². The van der Waals surface area contributed by atoms with Crippen LogP contribution in [0.1, 0.15) is 36.7 Å². The van der Waals surface area contributed by atoms with Crippen molar-refractivity contribution < 1.29 is 9.18 Å². The van der Waals surface area contributed by atoms with E-state index in [0.29, 0.717) is 13.1 Å². The molecule has 0 bridgehead atoms. The molecule has 110 valence electrons. The Balaban J connectivity index is 2.07. The van der Waals surface area contributed by atoms with Gasteiger partial charge in [0.1, 0.15) is 5.82 Å². The van der Waals surface area contributed by atoms with E-state index in [-0.39, 0.29) is 17.0 Å². The van der Waals surface area contributed by atoms with E-state index in [9.17, 15) is 9.18 Å². The largest absolute Gasteiger partial charge is 0.336 e. The van der Waals surface area contributed by atoms with Gasteiger partial charge < -0.3 is 4.90 Å². The second-order valence-electron chi connectivity index (χ2n) is 6.43. The fraction of sp³-hybridized carbons (Fsp3) is 0.562. The highest BCUT2D eigenvalue weighted by molar-refractivity contribution is 5.94. The lowest BCUT2D eigenvalue weighted by Crippen LogP contribution is -2.54. The molecule has 1 amide bonds. The van der Waals surface area contributed by atoms with Crippen LogP contribution in [0.25, 0.3) is 0 Å². The van der Waals surface area contributed by atoms with Crippen molar-refractivity contribution in [1.82, 2.24) is 9.80 Å². The smallest absolute Gasteiger partial charge is 0.256 e. The minimum atomic E-state index is -0.432. The normalized spacial score (nSPS) is 17.4. The topological polar surface area (TPSA) is 23.6 Å². The first kappa shape index (κ1) is 15.0. The van der Waals surface area contributed by atoms with Crippen molar-refractivity contribution in [3.05, 3.63) is 35.1 Å². The zero-order valence-electron chi connectivity index (χ0n) is 12.7. The predicted octanol–water partition coefficient (Wildman–Crippen LogP) is 2.69. The van der Waals surface area contributed by atoms with Gasteiger partial charge in [-0.15, -0.1) is 0 Å². The van der Waals surface area contributed by atoms with Crippen molar-refractivity contribution in [1.29, 1.82) is 0 Å². The Bertz CT molecular complexity index is 500. The van der Waals surface area contributed by atoms with Gasteiger partial charge in [-0.05, 0) is 39.8 Å². The number of rotatable bonds is 1. The molecule has 0 atom stereocenters. The highest BCUT2D eigenvalue weighted by Gasteiger charge is 2.29. The van der Waals surface area contributed by atoms with E-state index in [4.69, 9.17) is 0 Å². The summed E-state index contributed by atoms with van der Waals surface area (Å²) >= 11 is 0. The minimum Gasteiger partial charge on any atom is -0.336 e. The van der Waals surface area contributed by atoms with E-state index >= 15 is 0 Å². The van der Waals surface area contributed by atoms with Crippen LogP contribution < -0.4 is 0 Å². The number of hydrogen-bond donors (Lipinski definition) is 0. The summed E-state index contributed by atoms with van der Waals surface area (Å²) < 4.78 is 13.8. The van der Waals surface area contributed by atoms with Crippen LogP contribution in [0.5, 0.6) is 0 Å². The third kappa shape index (κ3) is 3.18. The molecule has 0 unspecified atom stereocenters. The van der Waals surface area contributed by atoms with E-state index in [0.717, 1.165) is 18.7 Å². The third-order valence-corrected chi connectivity index (χ3v) is 3.87. The summed E-state index contributed by atoms with van der Waals surface area (Å²) in [5, 5.41) is 0. The summed E-state index contributed by atoms with van der Waals surface area (Å²) in [6.07, 6.45) is 0. The Hall–Kier alpha value is -1.42. The number of carbonyl (C=O) groups is 1. The molecule has 0 aliphatic carbocycles. The van der Waals surface area contributed by atoms with Crippen LogP contribution in [0, 0.1) is 12.7 Å². The van der Waals surface area contributed by atoms with Crippen LogP contribution in [0.4, 0.5) is 4.39 Å². The van der Waals surface area contributed by atoms with Gasteiger partial charge in [0.25, 0.3) is 5.91 Å². The molecule has 1 fully saturated rings. The summed E-state index contributed by atoms with van der Waals surface area (Å²) in [4.78, 5) is 16.5. The van der Waals surface area contributed by atoms with E-state index in [1.165, 1.54) is 6.07 Å². The van der Waals surface area contributed by atoms with Gasteiger partial charge >= 0.3 is 0 Å². The number of aryl methyl sites for hydroxylation is 1. The minimum absolute atomic E-state index is 0.115. The van der Waals surface area contributed by atoms with Crippen molar-refractivity contribution in [2.45, 2.75) is 33.2 Å². The molecule has 0 radical (unpaired) electrons. The third-order valence-electron chi connectivity index (χ3n) is 3.87. The fourth-order valence-corrected chi connectivity index (χ4v) is 2.55. The average Bonchev–Trinajstić information content (AvgIpc) is 2.40. The molecule has 0 aromatic heterocycles. The number of carbonyl (C=O) groups excluding carboxylic acids is 1. The molecule has 0 N–H and O–H groups in total. The summed E-state index contributed by atoms with van der Waals surface area (Å²) in [5.74, 6) is -0.626. The van der Waals surface area contributed by atoms with E-state index in [1.807, 2.05) is 6.92 Å². The van der Waals surface area contributed by atoms with Gasteiger partial charge in [-0.25, -0.2) is 4.39 Å². The predicted molar refractivity (Wildman–Crippen MR) is 78.4 cm³/mol. The zero-order chi connectivity index (χ0) is 14.9. The second-order valence-corrected chi connectivity index (χ2v) is 6.43. The van der Waals surface area contributed by atoms with Crippen molar-refractivity contribution in [2.24, 2.45) is 0 Å². The van der Waals surface area contributed by atoms with Gasteiger partial charge in [-0.3, -0.25) is 9.69 Å². The quantitative estimate of drug-likeness (QED) is 0.788. The lowest BCUT2D eigenvalue weighted by Gasteiger charge is -2.42. The molecule has 20 heavy (non-hydrogen) atoms. The molecule has 1 aromatic rings. The van der Waals surface area contributed by atoms with Crippen LogP contribution in [0.3, 0.4) is 0 Å². The number of amides is 1. The van der Waals surface area contributed by atoms with E-state index < -0.39 is 5.82 Å². The average molecular weight is 278 g/mol. The number of benzene rings is 1. The Kier molecular flexibility index (Phi) is 4.14. The lowest BCUT2D eigenvalue weighted by atomic mass is 10.0. The van der Waals surface area contributed by atoms with Gasteiger partial charge in [0.2, 0.25) is 0 Å². The molecule has 1 saturated heterocycles. The van der Waals surface area contributed by atoms with Crippen molar-refractivity contribution >= 4 is 5.91 Å². The molecule has 2 rings (SSSR count). The first-order valence-corrected chi connectivity index (χ1v) is 7.09. The summed E-state index contributed by atoms with van der Waals surface area (Å²) in [5.41, 5.74) is 1.21. The number of piperazine rings is 1. The molecule has 1 heterocycles. The molecule has 1 aliphatic rings. The highest BCUT2D eigenvalue weighted by Crippen LogP contribution is 2.18. The van der Waals surface area contributed by atoms with Crippen LogP contribution >= 0.6 is 0 Å². The first-order valence-electron chi connectivity index (χ1n) is 7.09. The molecule has 1 aromatic carbocycles. The Morgan fingerprint density at radius 2 is 1.75 bits per heavy atom. The molecule has 0 saturated carbocycles. The van der Waals surface area contributed by atoms with Gasteiger partial charge in [-0.2, -0.15) is 0 Å². The summed E-state index contributed by atoms with van der Waals surface area (Å²) in [7, 11) is 0. The second kappa shape index (κ2) is 5.52. The molecule has 1 aliphatic heterocycles.